The van der Waals surface area contributed by atoms with Gasteiger partial charge in [-0.1, -0.05) is 11.6 Å². The molecule has 0 aromatic carbocycles. The molecule has 8 nitrogen and oxygen atoms in total. The van der Waals surface area contributed by atoms with Crippen molar-refractivity contribution in [1.82, 2.24) is 14.9 Å². The first kappa shape index (κ1) is 16.7. The average Bonchev–Trinajstić information content (AvgIpc) is 2.92. The van der Waals surface area contributed by atoms with Crippen LogP contribution in [0.5, 0.6) is 0 Å². The molecule has 0 unspecified atom stereocenters. The zero-order valence-corrected chi connectivity index (χ0v) is 14.2. The third-order valence-electron chi connectivity index (χ3n) is 3.37. The number of aromatic nitrogens is 2. The Labute approximate surface area is 147 Å². The molecule has 25 heavy (non-hydrogen) atoms. The molecular formula is C16H14ClN5O3. The highest BCUT2D eigenvalue weighted by molar-refractivity contribution is 6.30. The molecule has 9 heteroatoms. The number of rotatable bonds is 3. The first-order valence-corrected chi connectivity index (χ1v) is 7.58. The first-order valence-electron chi connectivity index (χ1n) is 7.20. The molecule has 3 aromatic heterocycles. The van der Waals surface area contributed by atoms with E-state index in [1.54, 1.807) is 32.3 Å². The largest absolute Gasteiger partial charge is 0.447 e. The van der Waals surface area contributed by atoms with Crippen LogP contribution in [-0.2, 0) is 0 Å². The fourth-order valence-corrected chi connectivity index (χ4v) is 2.25. The van der Waals surface area contributed by atoms with Crippen LogP contribution in [0, 0.1) is 0 Å². The molecule has 0 aliphatic heterocycles. The van der Waals surface area contributed by atoms with Crippen molar-refractivity contribution in [2.45, 2.75) is 0 Å². The first-order chi connectivity index (χ1) is 11.9. The number of anilines is 2. The van der Waals surface area contributed by atoms with E-state index in [0.29, 0.717) is 16.4 Å². The Bertz CT molecular complexity index is 966. The van der Waals surface area contributed by atoms with E-state index < -0.39 is 5.91 Å². The SMILES string of the molecule is CN(C)C(=O)c1ccc2oc(C(=O)Nc3ccc(Cl)cn3)c(N)c2n1. The molecule has 0 atom stereocenters. The molecule has 3 aromatic rings. The van der Waals surface area contributed by atoms with Gasteiger partial charge in [0.2, 0.25) is 5.76 Å². The number of nitrogens with zero attached hydrogens (tertiary/aromatic N) is 3. The number of carbonyl (C=O) groups excluding carboxylic acids is 2. The van der Waals surface area contributed by atoms with Crippen LogP contribution in [0.3, 0.4) is 0 Å². The van der Waals surface area contributed by atoms with Crippen LogP contribution in [0.1, 0.15) is 21.0 Å². The smallest absolute Gasteiger partial charge is 0.294 e. The highest BCUT2D eigenvalue weighted by atomic mass is 35.5. The van der Waals surface area contributed by atoms with Gasteiger partial charge in [0.25, 0.3) is 11.8 Å². The molecule has 0 aliphatic carbocycles. The maximum absolute atomic E-state index is 12.4. The van der Waals surface area contributed by atoms with Gasteiger partial charge < -0.3 is 20.4 Å². The topological polar surface area (TPSA) is 114 Å². The third kappa shape index (κ3) is 3.24. The highest BCUT2D eigenvalue weighted by Crippen LogP contribution is 2.27. The van der Waals surface area contributed by atoms with E-state index >= 15 is 0 Å². The second-order valence-electron chi connectivity index (χ2n) is 5.40. The van der Waals surface area contributed by atoms with Crippen LogP contribution in [-0.4, -0.2) is 40.8 Å². The molecule has 0 saturated heterocycles. The zero-order chi connectivity index (χ0) is 18.1. The molecule has 0 bridgehead atoms. The molecule has 2 amide bonds. The summed E-state index contributed by atoms with van der Waals surface area (Å²) in [5, 5.41) is 3.01. The van der Waals surface area contributed by atoms with Crippen LogP contribution in [0.25, 0.3) is 11.1 Å². The Hall–Kier alpha value is -3.13. The molecule has 3 N–H and O–H groups in total. The van der Waals surface area contributed by atoms with Gasteiger partial charge in [-0.2, -0.15) is 0 Å². The summed E-state index contributed by atoms with van der Waals surface area (Å²) < 4.78 is 5.47. The fraction of sp³-hybridized carbons (Fsp3) is 0.125. The monoisotopic (exact) mass is 359 g/mol. The number of carbonyl (C=O) groups is 2. The number of fused-ring (bicyclic) bond motifs is 1. The molecule has 0 aliphatic rings. The second-order valence-corrected chi connectivity index (χ2v) is 5.84. The van der Waals surface area contributed by atoms with E-state index in [4.69, 9.17) is 21.8 Å². The standard InChI is InChI=1S/C16H14ClN5O3/c1-22(2)16(24)9-4-5-10-13(20-9)12(18)14(25-10)15(23)21-11-6-3-8(17)7-19-11/h3-7H,18H2,1-2H3,(H,19,21,23). The minimum atomic E-state index is -0.578. The third-order valence-corrected chi connectivity index (χ3v) is 3.59. The van der Waals surface area contributed by atoms with Gasteiger partial charge in [-0.05, 0) is 24.3 Å². The van der Waals surface area contributed by atoms with E-state index in [-0.39, 0.29) is 28.6 Å². The van der Waals surface area contributed by atoms with Gasteiger partial charge >= 0.3 is 0 Å². The maximum atomic E-state index is 12.4. The van der Waals surface area contributed by atoms with E-state index in [2.05, 4.69) is 15.3 Å². The van der Waals surface area contributed by atoms with E-state index in [1.807, 2.05) is 0 Å². The Kier molecular flexibility index (Phi) is 4.28. The number of halogens is 1. The Morgan fingerprint density at radius 3 is 2.64 bits per heavy atom. The van der Waals surface area contributed by atoms with Crippen LogP contribution < -0.4 is 11.1 Å². The number of furan rings is 1. The molecule has 0 saturated carbocycles. The molecule has 0 spiro atoms. The lowest BCUT2D eigenvalue weighted by Crippen LogP contribution is -2.22. The van der Waals surface area contributed by atoms with Crippen LogP contribution >= 0.6 is 11.6 Å². The quantitative estimate of drug-likeness (QED) is 0.742. The molecule has 128 valence electrons. The molecule has 3 heterocycles. The zero-order valence-electron chi connectivity index (χ0n) is 13.4. The van der Waals surface area contributed by atoms with Crippen molar-refractivity contribution in [3.63, 3.8) is 0 Å². The van der Waals surface area contributed by atoms with Crippen molar-refractivity contribution >= 4 is 46.0 Å². The second kappa shape index (κ2) is 6.40. The van der Waals surface area contributed by atoms with Crippen molar-refractivity contribution in [3.05, 3.63) is 46.9 Å². The summed E-state index contributed by atoms with van der Waals surface area (Å²) in [6.07, 6.45) is 1.40. The van der Waals surface area contributed by atoms with Gasteiger partial charge in [-0.3, -0.25) is 9.59 Å². The summed E-state index contributed by atoms with van der Waals surface area (Å²) in [5.41, 5.74) is 6.79. The number of nitrogens with two attached hydrogens (primary N) is 1. The minimum absolute atomic E-state index is 0.0508. The van der Waals surface area contributed by atoms with Crippen molar-refractivity contribution in [3.8, 4) is 0 Å². The summed E-state index contributed by atoms with van der Waals surface area (Å²) >= 11 is 5.75. The number of pyridine rings is 2. The molecule has 3 rings (SSSR count). The Morgan fingerprint density at radius 2 is 2.00 bits per heavy atom. The summed E-state index contributed by atoms with van der Waals surface area (Å²) in [6, 6.07) is 6.20. The predicted molar refractivity (Wildman–Crippen MR) is 93.6 cm³/mol. The lowest BCUT2D eigenvalue weighted by molar-refractivity contribution is 0.0822. The average molecular weight is 360 g/mol. The number of nitrogen functional groups attached to an aromatic ring is 1. The summed E-state index contributed by atoms with van der Waals surface area (Å²) in [4.78, 5) is 33.9. The lowest BCUT2D eigenvalue weighted by atomic mass is 10.2. The lowest BCUT2D eigenvalue weighted by Gasteiger charge is -2.08. The predicted octanol–water partition coefficient (Wildman–Crippen LogP) is 2.41. The number of amides is 2. The van der Waals surface area contributed by atoms with Gasteiger partial charge in [-0.25, -0.2) is 9.97 Å². The number of hydrogen-bond donors (Lipinski definition) is 2. The van der Waals surface area contributed by atoms with Crippen molar-refractivity contribution in [2.75, 3.05) is 25.1 Å². The van der Waals surface area contributed by atoms with Gasteiger partial charge in [0.05, 0.1) is 5.02 Å². The van der Waals surface area contributed by atoms with Gasteiger partial charge in [0.15, 0.2) is 5.58 Å². The van der Waals surface area contributed by atoms with Crippen LogP contribution in [0.15, 0.2) is 34.9 Å². The number of nitrogens with one attached hydrogen (secondary N) is 1. The summed E-state index contributed by atoms with van der Waals surface area (Å²) in [7, 11) is 3.23. The number of hydrogen-bond acceptors (Lipinski definition) is 6. The fourth-order valence-electron chi connectivity index (χ4n) is 2.13. The van der Waals surface area contributed by atoms with E-state index in [0.717, 1.165) is 0 Å². The van der Waals surface area contributed by atoms with Crippen molar-refractivity contribution < 1.29 is 14.0 Å². The Balaban J connectivity index is 1.94. The molecule has 0 fully saturated rings. The van der Waals surface area contributed by atoms with Crippen LogP contribution in [0.2, 0.25) is 5.02 Å². The molecule has 0 radical (unpaired) electrons. The summed E-state index contributed by atoms with van der Waals surface area (Å²) in [6.45, 7) is 0. The highest BCUT2D eigenvalue weighted by Gasteiger charge is 2.21. The van der Waals surface area contributed by atoms with Crippen LogP contribution in [0.4, 0.5) is 11.5 Å². The van der Waals surface area contributed by atoms with Crippen molar-refractivity contribution in [2.24, 2.45) is 0 Å². The van der Waals surface area contributed by atoms with Gasteiger partial charge in [0.1, 0.15) is 22.7 Å². The molecular weight excluding hydrogens is 346 g/mol. The minimum Gasteiger partial charge on any atom is -0.447 e. The van der Waals surface area contributed by atoms with E-state index in [9.17, 15) is 9.59 Å². The van der Waals surface area contributed by atoms with Crippen molar-refractivity contribution in [1.29, 1.82) is 0 Å². The van der Waals surface area contributed by atoms with E-state index in [1.165, 1.54) is 17.2 Å². The van der Waals surface area contributed by atoms with Gasteiger partial charge in [0, 0.05) is 20.3 Å². The normalized spacial score (nSPS) is 10.7. The maximum Gasteiger partial charge on any atom is 0.294 e. The Morgan fingerprint density at radius 1 is 1.24 bits per heavy atom. The van der Waals surface area contributed by atoms with Gasteiger partial charge in [-0.15, -0.1) is 0 Å². The summed E-state index contributed by atoms with van der Waals surface area (Å²) in [5.74, 6) is -0.663.